The van der Waals surface area contributed by atoms with Crippen molar-refractivity contribution in [2.45, 2.75) is 12.5 Å². The number of nitrogens with one attached hydrogen (secondary N) is 1. The van der Waals surface area contributed by atoms with Crippen LogP contribution in [0.1, 0.15) is 6.42 Å². The highest BCUT2D eigenvalue weighted by Gasteiger charge is 2.31. The van der Waals surface area contributed by atoms with Crippen molar-refractivity contribution in [1.82, 2.24) is 10.2 Å². The maximum atomic E-state index is 11.5. The molecule has 16 heavy (non-hydrogen) atoms. The van der Waals surface area contributed by atoms with Crippen LogP contribution in [-0.4, -0.2) is 60.9 Å². The number of carbonyl (C=O) groups is 2. The Morgan fingerprint density at radius 3 is 2.81 bits per heavy atom. The number of amides is 1. The Balaban J connectivity index is 2.28. The van der Waals surface area contributed by atoms with Gasteiger partial charge in [0.1, 0.15) is 0 Å². The quantitative estimate of drug-likeness (QED) is 0.624. The first-order valence-corrected chi connectivity index (χ1v) is 4.89. The second-order valence-corrected chi connectivity index (χ2v) is 3.74. The Morgan fingerprint density at radius 2 is 2.31 bits per heavy atom. The second kappa shape index (κ2) is 5.45. The predicted octanol–water partition coefficient (Wildman–Crippen LogP) is -1.11. The van der Waals surface area contributed by atoms with Crippen molar-refractivity contribution in [3.05, 3.63) is 0 Å². The van der Waals surface area contributed by atoms with Gasteiger partial charge in [-0.15, -0.1) is 0 Å². The van der Waals surface area contributed by atoms with E-state index in [2.05, 4.69) is 10.5 Å². The molecular weight excluding hydrogens is 214 g/mol. The predicted molar refractivity (Wildman–Crippen MR) is 56.1 cm³/mol. The van der Waals surface area contributed by atoms with Gasteiger partial charge < -0.3 is 20.2 Å². The molecule has 1 amide bonds. The number of likely N-dealkylation sites (N-methyl/N-ethyl adjacent to an activating group) is 1. The molecule has 1 heterocycles. The van der Waals surface area contributed by atoms with Crippen LogP contribution in [0.4, 0.5) is 0 Å². The van der Waals surface area contributed by atoms with Gasteiger partial charge in [0.2, 0.25) is 6.10 Å². The third-order valence-corrected chi connectivity index (χ3v) is 2.07. The lowest BCUT2D eigenvalue weighted by Gasteiger charge is -2.12. The molecule has 0 aliphatic carbocycles. The molecule has 2 N–H and O–H groups in total. The van der Waals surface area contributed by atoms with Gasteiger partial charge in [-0.2, -0.15) is 0 Å². The second-order valence-electron chi connectivity index (χ2n) is 3.74. The van der Waals surface area contributed by atoms with Crippen molar-refractivity contribution in [1.29, 1.82) is 0 Å². The lowest BCUT2D eigenvalue weighted by Crippen LogP contribution is -2.38. The molecule has 7 heteroatoms. The minimum Gasteiger partial charge on any atom is -0.477 e. The number of oxime groups is 1. The summed E-state index contributed by atoms with van der Waals surface area (Å²) in [6.45, 7) is 1.21. The maximum absolute atomic E-state index is 11.5. The summed E-state index contributed by atoms with van der Waals surface area (Å²) in [6.07, 6.45) is -0.795. The van der Waals surface area contributed by atoms with E-state index in [1.165, 1.54) is 0 Å². The minimum atomic E-state index is -1.15. The zero-order chi connectivity index (χ0) is 12.1. The summed E-state index contributed by atoms with van der Waals surface area (Å²) in [5.74, 6) is -1.48. The summed E-state index contributed by atoms with van der Waals surface area (Å²) in [7, 11) is 3.79. The lowest BCUT2D eigenvalue weighted by atomic mass is 10.2. The van der Waals surface area contributed by atoms with E-state index >= 15 is 0 Å². The van der Waals surface area contributed by atoms with E-state index < -0.39 is 12.1 Å². The molecule has 1 unspecified atom stereocenters. The van der Waals surface area contributed by atoms with Gasteiger partial charge in [0, 0.05) is 19.5 Å². The summed E-state index contributed by atoms with van der Waals surface area (Å²) < 4.78 is 0. The third kappa shape index (κ3) is 3.50. The standard InChI is InChI=1S/C9H15N3O4/c1-12(2)4-3-10-8(13)7-5-6(9(14)15)11-16-7/h7H,3-5H2,1-2H3,(H,10,13)(H,14,15). The molecule has 0 saturated carbocycles. The van der Waals surface area contributed by atoms with Crippen molar-refractivity contribution in [3.8, 4) is 0 Å². The van der Waals surface area contributed by atoms with Crippen LogP contribution in [0, 0.1) is 0 Å². The molecule has 1 aliphatic rings. The Morgan fingerprint density at radius 1 is 1.62 bits per heavy atom. The lowest BCUT2D eigenvalue weighted by molar-refractivity contribution is -0.131. The molecule has 0 saturated heterocycles. The molecule has 0 radical (unpaired) electrons. The Bertz CT molecular complexity index is 314. The molecular formula is C9H15N3O4. The first-order chi connectivity index (χ1) is 7.50. The van der Waals surface area contributed by atoms with Crippen LogP contribution in [0.3, 0.4) is 0 Å². The minimum absolute atomic E-state index is 0.0170. The van der Waals surface area contributed by atoms with Gasteiger partial charge >= 0.3 is 5.97 Å². The Hall–Kier alpha value is -1.63. The zero-order valence-electron chi connectivity index (χ0n) is 9.27. The third-order valence-electron chi connectivity index (χ3n) is 2.07. The van der Waals surface area contributed by atoms with Crippen LogP contribution < -0.4 is 5.32 Å². The number of nitrogens with zero attached hydrogens (tertiary/aromatic N) is 2. The number of rotatable bonds is 5. The average Bonchev–Trinajstić information content (AvgIpc) is 2.65. The highest BCUT2D eigenvalue weighted by Crippen LogP contribution is 2.10. The molecule has 90 valence electrons. The van der Waals surface area contributed by atoms with Gasteiger partial charge in [-0.05, 0) is 14.1 Å². The zero-order valence-corrected chi connectivity index (χ0v) is 9.27. The largest absolute Gasteiger partial charge is 0.477 e. The Labute approximate surface area is 93.0 Å². The first kappa shape index (κ1) is 12.4. The maximum Gasteiger partial charge on any atom is 0.353 e. The average molecular weight is 229 g/mol. The summed E-state index contributed by atoms with van der Waals surface area (Å²) in [5, 5.41) is 14.6. The fourth-order valence-corrected chi connectivity index (χ4v) is 1.16. The van der Waals surface area contributed by atoms with E-state index in [1.807, 2.05) is 19.0 Å². The molecule has 0 fully saturated rings. The van der Waals surface area contributed by atoms with Gasteiger partial charge in [0.25, 0.3) is 5.91 Å². The molecule has 1 rings (SSSR count). The normalized spacial score (nSPS) is 19.2. The van der Waals surface area contributed by atoms with Crippen LogP contribution in [0.15, 0.2) is 5.16 Å². The summed E-state index contributed by atoms with van der Waals surface area (Å²) in [5.41, 5.74) is -0.118. The number of carboxylic acid groups (broad SMARTS) is 1. The molecule has 0 aromatic carbocycles. The van der Waals surface area contributed by atoms with Crippen LogP contribution >= 0.6 is 0 Å². The smallest absolute Gasteiger partial charge is 0.353 e. The van der Waals surface area contributed by atoms with Crippen molar-refractivity contribution in [3.63, 3.8) is 0 Å². The SMILES string of the molecule is CN(C)CCNC(=O)C1CC(C(=O)O)=NO1. The monoisotopic (exact) mass is 229 g/mol. The molecule has 0 aromatic heterocycles. The highest BCUT2D eigenvalue weighted by atomic mass is 16.6. The highest BCUT2D eigenvalue weighted by molar-refractivity contribution is 6.36. The molecule has 0 spiro atoms. The molecule has 0 aromatic rings. The van der Waals surface area contributed by atoms with Crippen LogP contribution in [0.25, 0.3) is 0 Å². The van der Waals surface area contributed by atoms with Gasteiger partial charge in [0.05, 0.1) is 0 Å². The van der Waals surface area contributed by atoms with E-state index in [1.54, 1.807) is 0 Å². The summed E-state index contributed by atoms with van der Waals surface area (Å²) in [6, 6.07) is 0. The van der Waals surface area contributed by atoms with Gasteiger partial charge in [-0.3, -0.25) is 4.79 Å². The van der Waals surface area contributed by atoms with Gasteiger partial charge in [0.15, 0.2) is 5.71 Å². The van der Waals surface area contributed by atoms with Crippen molar-refractivity contribution < 1.29 is 19.5 Å². The molecule has 1 atom stereocenters. The number of hydrogen-bond acceptors (Lipinski definition) is 5. The number of carbonyl (C=O) groups excluding carboxylic acids is 1. The van der Waals surface area contributed by atoms with E-state index in [4.69, 9.17) is 9.94 Å². The first-order valence-electron chi connectivity index (χ1n) is 4.89. The van der Waals surface area contributed by atoms with E-state index in [0.29, 0.717) is 13.1 Å². The van der Waals surface area contributed by atoms with Crippen molar-refractivity contribution in [2.24, 2.45) is 5.16 Å². The van der Waals surface area contributed by atoms with Crippen molar-refractivity contribution >= 4 is 17.6 Å². The van der Waals surface area contributed by atoms with Gasteiger partial charge in [-0.1, -0.05) is 5.16 Å². The van der Waals surface area contributed by atoms with E-state index in [0.717, 1.165) is 0 Å². The fraction of sp³-hybridized carbons (Fsp3) is 0.667. The van der Waals surface area contributed by atoms with Gasteiger partial charge in [-0.25, -0.2) is 4.79 Å². The number of hydrogen-bond donors (Lipinski definition) is 2. The topological polar surface area (TPSA) is 91.2 Å². The van der Waals surface area contributed by atoms with Crippen LogP contribution in [0.5, 0.6) is 0 Å². The Kier molecular flexibility index (Phi) is 4.24. The van der Waals surface area contributed by atoms with E-state index in [-0.39, 0.29) is 18.0 Å². The van der Waals surface area contributed by atoms with Crippen molar-refractivity contribution in [2.75, 3.05) is 27.2 Å². The summed E-state index contributed by atoms with van der Waals surface area (Å²) in [4.78, 5) is 28.7. The van der Waals surface area contributed by atoms with Crippen LogP contribution in [0.2, 0.25) is 0 Å². The number of aliphatic carboxylic acids is 1. The van der Waals surface area contributed by atoms with E-state index in [9.17, 15) is 9.59 Å². The molecule has 1 aliphatic heterocycles. The molecule has 7 nitrogen and oxygen atoms in total. The van der Waals surface area contributed by atoms with Crippen LogP contribution in [-0.2, 0) is 14.4 Å². The molecule has 0 bridgehead atoms. The number of carboxylic acids is 1. The fourth-order valence-electron chi connectivity index (χ4n) is 1.16. The summed E-state index contributed by atoms with van der Waals surface area (Å²) >= 11 is 0.